The Hall–Kier alpha value is -1.40. The minimum Gasteiger partial charge on any atom is -0.388 e. The lowest BCUT2D eigenvalue weighted by Crippen LogP contribution is -2.35. The van der Waals surface area contributed by atoms with Gasteiger partial charge >= 0.3 is 0 Å². The first-order valence-electron chi connectivity index (χ1n) is 6.74. The molecular weight excluding hydrogens is 256 g/mol. The zero-order chi connectivity index (χ0) is 15.4. The van der Waals surface area contributed by atoms with E-state index in [9.17, 15) is 5.11 Å². The Morgan fingerprint density at radius 1 is 1.30 bits per heavy atom. The van der Waals surface area contributed by atoms with Crippen LogP contribution in [0.2, 0.25) is 0 Å². The summed E-state index contributed by atoms with van der Waals surface area (Å²) in [6, 6.07) is 1.67. The lowest BCUT2D eigenvalue weighted by molar-refractivity contribution is 0.0357. The molecule has 1 rings (SSSR count). The van der Waals surface area contributed by atoms with Crippen molar-refractivity contribution in [2.45, 2.75) is 45.1 Å². The van der Waals surface area contributed by atoms with Crippen LogP contribution in [0.4, 0.5) is 11.6 Å². The molecule has 0 aliphatic rings. The summed E-state index contributed by atoms with van der Waals surface area (Å²) in [6.45, 7) is 8.72. The molecule has 0 aliphatic carbocycles. The molecule has 0 saturated carbocycles. The van der Waals surface area contributed by atoms with Crippen molar-refractivity contribution < 1.29 is 9.84 Å². The van der Waals surface area contributed by atoms with Crippen LogP contribution in [-0.2, 0) is 10.2 Å². The van der Waals surface area contributed by atoms with E-state index in [1.807, 2.05) is 20.8 Å². The van der Waals surface area contributed by atoms with Gasteiger partial charge in [-0.15, -0.1) is 0 Å². The second-order valence-corrected chi connectivity index (χ2v) is 6.34. The molecule has 20 heavy (non-hydrogen) atoms. The van der Waals surface area contributed by atoms with Crippen LogP contribution in [0.1, 0.15) is 39.9 Å². The molecule has 0 aliphatic heterocycles. The summed E-state index contributed by atoms with van der Waals surface area (Å²) in [5, 5.41) is 13.3. The van der Waals surface area contributed by atoms with Gasteiger partial charge < -0.3 is 20.9 Å². The molecule has 4 N–H and O–H groups in total. The molecule has 0 bridgehead atoms. The fourth-order valence-corrected chi connectivity index (χ4v) is 1.58. The van der Waals surface area contributed by atoms with Crippen molar-refractivity contribution in [2.24, 2.45) is 0 Å². The maximum Gasteiger partial charge on any atom is 0.138 e. The molecule has 1 heterocycles. The lowest BCUT2D eigenvalue weighted by Gasteiger charge is -2.24. The number of methoxy groups -OCH3 is 1. The highest BCUT2D eigenvalue weighted by atomic mass is 16.5. The first kappa shape index (κ1) is 16.7. The van der Waals surface area contributed by atoms with Crippen LogP contribution in [0, 0.1) is 0 Å². The summed E-state index contributed by atoms with van der Waals surface area (Å²) in [6.07, 6.45) is 0.545. The highest BCUT2D eigenvalue weighted by Gasteiger charge is 2.22. The summed E-state index contributed by atoms with van der Waals surface area (Å²) >= 11 is 0. The predicted octanol–water partition coefficient (Wildman–Crippen LogP) is 1.56. The number of nitrogens with one attached hydrogen (secondary N) is 1. The SMILES string of the molecule is COCCC(C)(O)CNc1cc(N)nc(C(C)(C)C)n1. The van der Waals surface area contributed by atoms with Gasteiger partial charge in [-0.25, -0.2) is 9.97 Å². The van der Waals surface area contributed by atoms with E-state index in [4.69, 9.17) is 10.5 Å². The van der Waals surface area contributed by atoms with Crippen molar-refractivity contribution >= 4 is 11.6 Å². The molecule has 0 fully saturated rings. The van der Waals surface area contributed by atoms with Crippen LogP contribution in [0.25, 0.3) is 0 Å². The van der Waals surface area contributed by atoms with Crippen LogP contribution < -0.4 is 11.1 Å². The Morgan fingerprint density at radius 3 is 2.50 bits per heavy atom. The Labute approximate surface area is 120 Å². The predicted molar refractivity (Wildman–Crippen MR) is 80.8 cm³/mol. The fourth-order valence-electron chi connectivity index (χ4n) is 1.58. The first-order chi connectivity index (χ1) is 9.14. The van der Waals surface area contributed by atoms with E-state index in [1.54, 1.807) is 20.1 Å². The van der Waals surface area contributed by atoms with Crippen molar-refractivity contribution in [2.75, 3.05) is 31.3 Å². The average Bonchev–Trinajstić information content (AvgIpc) is 2.32. The van der Waals surface area contributed by atoms with Gasteiger partial charge in [0.25, 0.3) is 0 Å². The van der Waals surface area contributed by atoms with Crippen LogP contribution in [0.3, 0.4) is 0 Å². The number of nitrogens with two attached hydrogens (primary N) is 1. The minimum absolute atomic E-state index is 0.176. The topological polar surface area (TPSA) is 93.3 Å². The van der Waals surface area contributed by atoms with Gasteiger partial charge in [-0.3, -0.25) is 0 Å². The zero-order valence-electron chi connectivity index (χ0n) is 13.0. The number of nitrogen functional groups attached to an aromatic ring is 1. The molecule has 114 valence electrons. The summed E-state index contributed by atoms with van der Waals surface area (Å²) in [5.41, 5.74) is 4.76. The Balaban J connectivity index is 2.76. The van der Waals surface area contributed by atoms with E-state index < -0.39 is 5.60 Å². The molecule has 1 aromatic heterocycles. The number of ether oxygens (including phenoxy) is 1. The van der Waals surface area contributed by atoms with Gasteiger partial charge in [0.1, 0.15) is 17.5 Å². The zero-order valence-corrected chi connectivity index (χ0v) is 13.0. The average molecular weight is 282 g/mol. The molecule has 6 nitrogen and oxygen atoms in total. The molecule has 6 heteroatoms. The third-order valence-electron chi connectivity index (χ3n) is 2.91. The lowest BCUT2D eigenvalue weighted by atomic mass is 9.96. The third-order valence-corrected chi connectivity index (χ3v) is 2.91. The summed E-state index contributed by atoms with van der Waals surface area (Å²) in [5.74, 6) is 1.72. The number of aromatic nitrogens is 2. The molecule has 1 atom stereocenters. The Morgan fingerprint density at radius 2 is 1.95 bits per heavy atom. The van der Waals surface area contributed by atoms with Gasteiger partial charge in [-0.05, 0) is 6.92 Å². The van der Waals surface area contributed by atoms with E-state index in [1.165, 1.54) is 0 Å². The van der Waals surface area contributed by atoms with Gasteiger partial charge in [-0.2, -0.15) is 0 Å². The summed E-state index contributed by atoms with van der Waals surface area (Å²) in [7, 11) is 1.62. The number of hydrogen-bond donors (Lipinski definition) is 3. The summed E-state index contributed by atoms with van der Waals surface area (Å²) in [4.78, 5) is 8.69. The van der Waals surface area contributed by atoms with E-state index in [2.05, 4.69) is 15.3 Å². The van der Waals surface area contributed by atoms with E-state index in [0.717, 1.165) is 0 Å². The largest absolute Gasteiger partial charge is 0.388 e. The molecule has 0 amide bonds. The van der Waals surface area contributed by atoms with Crippen LogP contribution in [0.15, 0.2) is 6.07 Å². The smallest absolute Gasteiger partial charge is 0.138 e. The highest BCUT2D eigenvalue weighted by molar-refractivity contribution is 5.45. The van der Waals surface area contributed by atoms with Crippen LogP contribution in [0.5, 0.6) is 0 Å². The van der Waals surface area contributed by atoms with Gasteiger partial charge in [0.15, 0.2) is 0 Å². The third kappa shape index (κ3) is 5.30. The van der Waals surface area contributed by atoms with Crippen molar-refractivity contribution in [3.05, 3.63) is 11.9 Å². The maximum atomic E-state index is 10.2. The summed E-state index contributed by atoms with van der Waals surface area (Å²) < 4.78 is 4.98. The molecule has 0 saturated heterocycles. The molecule has 1 aromatic rings. The van der Waals surface area contributed by atoms with Crippen molar-refractivity contribution in [3.8, 4) is 0 Å². The Kier molecular flexibility index (Phi) is 5.30. The molecule has 1 unspecified atom stereocenters. The van der Waals surface area contributed by atoms with Gasteiger partial charge in [0, 0.05) is 38.2 Å². The Bertz CT molecular complexity index is 441. The highest BCUT2D eigenvalue weighted by Crippen LogP contribution is 2.21. The van der Waals surface area contributed by atoms with E-state index in [0.29, 0.717) is 37.0 Å². The van der Waals surface area contributed by atoms with E-state index in [-0.39, 0.29) is 5.41 Å². The van der Waals surface area contributed by atoms with Crippen molar-refractivity contribution in [3.63, 3.8) is 0 Å². The minimum atomic E-state index is -0.863. The maximum absolute atomic E-state index is 10.2. The quantitative estimate of drug-likeness (QED) is 0.733. The number of rotatable bonds is 6. The van der Waals surface area contributed by atoms with E-state index >= 15 is 0 Å². The number of hydrogen-bond acceptors (Lipinski definition) is 6. The molecule has 0 aromatic carbocycles. The number of aliphatic hydroxyl groups is 1. The van der Waals surface area contributed by atoms with Crippen molar-refractivity contribution in [1.29, 1.82) is 0 Å². The standard InChI is InChI=1S/C14H26N4O2/c1-13(2,3)12-17-10(15)8-11(18-12)16-9-14(4,19)6-7-20-5/h8,19H,6-7,9H2,1-5H3,(H3,15,16,17,18). The normalized spacial score (nSPS) is 14.9. The van der Waals surface area contributed by atoms with Crippen molar-refractivity contribution in [1.82, 2.24) is 9.97 Å². The second-order valence-electron chi connectivity index (χ2n) is 6.34. The van der Waals surface area contributed by atoms with Gasteiger partial charge in [0.2, 0.25) is 0 Å². The van der Waals surface area contributed by atoms with Gasteiger partial charge in [-0.1, -0.05) is 20.8 Å². The number of anilines is 2. The van der Waals surface area contributed by atoms with Gasteiger partial charge in [0.05, 0.1) is 5.60 Å². The molecule has 0 spiro atoms. The number of nitrogens with zero attached hydrogens (tertiary/aromatic N) is 2. The van der Waals surface area contributed by atoms with Crippen LogP contribution in [-0.4, -0.2) is 40.9 Å². The monoisotopic (exact) mass is 282 g/mol. The fraction of sp³-hybridized carbons (Fsp3) is 0.714. The molecule has 0 radical (unpaired) electrons. The van der Waals surface area contributed by atoms with Crippen LogP contribution >= 0.6 is 0 Å². The second kappa shape index (κ2) is 6.37. The molecular formula is C14H26N4O2. The first-order valence-corrected chi connectivity index (χ1v) is 6.74.